The molecular formula is C11H14F3NO3. The predicted octanol–water partition coefficient (Wildman–Crippen LogP) is 1.71. The zero-order valence-electron chi connectivity index (χ0n) is 9.91. The molecule has 0 amide bonds. The van der Waals surface area contributed by atoms with Gasteiger partial charge >= 0.3 is 6.18 Å². The molecule has 0 saturated carbocycles. The van der Waals surface area contributed by atoms with Crippen molar-refractivity contribution in [1.82, 2.24) is 0 Å². The molecule has 1 rings (SSSR count). The van der Waals surface area contributed by atoms with Gasteiger partial charge in [-0.2, -0.15) is 13.2 Å². The van der Waals surface area contributed by atoms with Crippen LogP contribution in [0.25, 0.3) is 0 Å². The number of aliphatic hydroxyl groups is 1. The number of benzene rings is 1. The largest absolute Gasteiger partial charge is 0.496 e. The fourth-order valence-corrected chi connectivity index (χ4v) is 1.55. The first kappa shape index (κ1) is 14.6. The number of ether oxygens (including phenoxy) is 2. The Morgan fingerprint density at radius 2 is 1.67 bits per heavy atom. The molecule has 1 unspecified atom stereocenters. The summed E-state index contributed by atoms with van der Waals surface area (Å²) < 4.78 is 47.6. The molecule has 1 aromatic carbocycles. The Hall–Kier alpha value is -1.47. The Morgan fingerprint density at radius 1 is 1.22 bits per heavy atom. The number of hydrogen-bond acceptors (Lipinski definition) is 4. The minimum Gasteiger partial charge on any atom is -0.496 e. The minimum absolute atomic E-state index is 0.107. The van der Waals surface area contributed by atoms with Crippen LogP contribution in [0.15, 0.2) is 12.1 Å². The predicted molar refractivity (Wildman–Crippen MR) is 58.6 cm³/mol. The zero-order valence-corrected chi connectivity index (χ0v) is 9.91. The topological polar surface area (TPSA) is 64.7 Å². The first-order valence-electron chi connectivity index (χ1n) is 5.06. The summed E-state index contributed by atoms with van der Waals surface area (Å²) in [4.78, 5) is 0. The Bertz CT molecular complexity index is 395. The van der Waals surface area contributed by atoms with Gasteiger partial charge in [-0.15, -0.1) is 0 Å². The first-order valence-corrected chi connectivity index (χ1v) is 5.06. The third-order valence-corrected chi connectivity index (χ3v) is 2.43. The van der Waals surface area contributed by atoms with Crippen molar-refractivity contribution in [3.63, 3.8) is 0 Å². The van der Waals surface area contributed by atoms with E-state index in [0.717, 1.165) is 12.1 Å². The van der Waals surface area contributed by atoms with Crippen molar-refractivity contribution < 1.29 is 27.8 Å². The maximum Gasteiger partial charge on any atom is 0.416 e. The highest BCUT2D eigenvalue weighted by Gasteiger charge is 2.33. The van der Waals surface area contributed by atoms with Crippen LogP contribution in [0.5, 0.6) is 11.5 Å². The molecular weight excluding hydrogens is 251 g/mol. The smallest absolute Gasteiger partial charge is 0.416 e. The molecule has 1 atom stereocenters. The number of hydrogen-bond donors (Lipinski definition) is 2. The fraction of sp³-hybridized carbons (Fsp3) is 0.455. The highest BCUT2D eigenvalue weighted by Crippen LogP contribution is 2.40. The highest BCUT2D eigenvalue weighted by molar-refractivity contribution is 5.50. The number of halogens is 3. The minimum atomic E-state index is -4.52. The van der Waals surface area contributed by atoms with Gasteiger partial charge in [0.25, 0.3) is 0 Å². The first-order chi connectivity index (χ1) is 8.35. The van der Waals surface area contributed by atoms with Gasteiger partial charge in [-0.1, -0.05) is 0 Å². The van der Waals surface area contributed by atoms with Crippen molar-refractivity contribution in [2.75, 3.05) is 20.8 Å². The lowest BCUT2D eigenvalue weighted by Gasteiger charge is -2.19. The molecule has 0 spiro atoms. The molecule has 4 nitrogen and oxygen atoms in total. The summed E-state index contributed by atoms with van der Waals surface area (Å²) in [6, 6.07) is 1.60. The van der Waals surface area contributed by atoms with E-state index in [1.54, 1.807) is 0 Å². The van der Waals surface area contributed by atoms with Crippen molar-refractivity contribution in [1.29, 1.82) is 0 Å². The average molecular weight is 265 g/mol. The van der Waals surface area contributed by atoms with Crippen LogP contribution in [0.4, 0.5) is 13.2 Å². The molecule has 0 aromatic heterocycles. The van der Waals surface area contributed by atoms with Crippen LogP contribution in [0.1, 0.15) is 17.2 Å². The van der Waals surface area contributed by atoms with Gasteiger partial charge < -0.3 is 20.3 Å². The molecule has 0 heterocycles. The summed E-state index contributed by atoms with van der Waals surface area (Å²) >= 11 is 0. The van der Waals surface area contributed by atoms with Crippen LogP contribution in [0.2, 0.25) is 0 Å². The molecule has 0 aliphatic rings. The van der Waals surface area contributed by atoms with Gasteiger partial charge in [-0.25, -0.2) is 0 Å². The number of alkyl halides is 3. The van der Waals surface area contributed by atoms with Gasteiger partial charge in [0.2, 0.25) is 0 Å². The van der Waals surface area contributed by atoms with E-state index in [0.29, 0.717) is 0 Å². The lowest BCUT2D eigenvalue weighted by Crippen LogP contribution is -2.15. The van der Waals surface area contributed by atoms with E-state index in [-0.39, 0.29) is 23.6 Å². The van der Waals surface area contributed by atoms with E-state index in [2.05, 4.69) is 0 Å². The molecule has 0 bridgehead atoms. The second kappa shape index (κ2) is 5.45. The Labute approximate surface area is 102 Å². The summed E-state index contributed by atoms with van der Waals surface area (Å²) in [5, 5.41) is 9.68. The highest BCUT2D eigenvalue weighted by atomic mass is 19.4. The van der Waals surface area contributed by atoms with Crippen LogP contribution in [-0.2, 0) is 6.18 Å². The van der Waals surface area contributed by atoms with Crippen LogP contribution < -0.4 is 15.2 Å². The molecule has 0 aliphatic heterocycles. The van der Waals surface area contributed by atoms with E-state index < -0.39 is 17.8 Å². The van der Waals surface area contributed by atoms with Crippen molar-refractivity contribution in [3.05, 3.63) is 23.3 Å². The maximum absolute atomic E-state index is 12.6. The molecule has 0 saturated heterocycles. The van der Waals surface area contributed by atoms with E-state index in [4.69, 9.17) is 15.2 Å². The normalized spacial score (nSPS) is 13.3. The molecule has 1 aromatic rings. The monoisotopic (exact) mass is 265 g/mol. The van der Waals surface area contributed by atoms with E-state index in [1.165, 1.54) is 14.2 Å². The number of nitrogens with two attached hydrogens (primary N) is 1. The van der Waals surface area contributed by atoms with Gasteiger partial charge in [0.05, 0.1) is 31.5 Å². The van der Waals surface area contributed by atoms with Crippen molar-refractivity contribution in [2.24, 2.45) is 5.73 Å². The third kappa shape index (κ3) is 2.85. The second-order valence-electron chi connectivity index (χ2n) is 3.54. The van der Waals surface area contributed by atoms with Gasteiger partial charge in [0.15, 0.2) is 0 Å². The summed E-state index contributed by atoms with van der Waals surface area (Å²) in [5.41, 5.74) is 4.49. The van der Waals surface area contributed by atoms with Gasteiger partial charge in [0, 0.05) is 6.54 Å². The van der Waals surface area contributed by atoms with E-state index in [1.807, 2.05) is 0 Å². The van der Waals surface area contributed by atoms with Gasteiger partial charge in [0.1, 0.15) is 11.5 Å². The summed E-state index contributed by atoms with van der Waals surface area (Å²) in [6.07, 6.45) is -5.68. The van der Waals surface area contributed by atoms with Crippen LogP contribution in [0.3, 0.4) is 0 Å². The molecule has 0 fully saturated rings. The zero-order chi connectivity index (χ0) is 13.9. The average Bonchev–Trinajstić information content (AvgIpc) is 2.34. The number of methoxy groups -OCH3 is 2. The summed E-state index contributed by atoms with van der Waals surface area (Å²) in [5.74, 6) is -0.223. The second-order valence-corrected chi connectivity index (χ2v) is 3.54. The van der Waals surface area contributed by atoms with Gasteiger partial charge in [-0.3, -0.25) is 0 Å². The maximum atomic E-state index is 12.6. The van der Waals surface area contributed by atoms with Crippen LogP contribution in [0, 0.1) is 0 Å². The van der Waals surface area contributed by atoms with Crippen LogP contribution >= 0.6 is 0 Å². The van der Waals surface area contributed by atoms with Crippen LogP contribution in [-0.4, -0.2) is 25.9 Å². The molecule has 102 valence electrons. The summed E-state index contributed by atoms with van der Waals surface area (Å²) in [7, 11) is 2.42. The number of aliphatic hydroxyl groups excluding tert-OH is 1. The third-order valence-electron chi connectivity index (χ3n) is 2.43. The van der Waals surface area contributed by atoms with Crippen molar-refractivity contribution in [2.45, 2.75) is 12.3 Å². The lowest BCUT2D eigenvalue weighted by atomic mass is 10.0. The summed E-state index contributed by atoms with van der Waals surface area (Å²) in [6.45, 7) is -0.155. The molecule has 18 heavy (non-hydrogen) atoms. The number of rotatable bonds is 4. The quantitative estimate of drug-likeness (QED) is 0.870. The van der Waals surface area contributed by atoms with E-state index in [9.17, 15) is 18.3 Å². The molecule has 0 aliphatic carbocycles. The SMILES string of the molecule is COc1cc(C(F)(F)F)cc(OC)c1C(O)CN. The van der Waals surface area contributed by atoms with Crippen molar-refractivity contribution >= 4 is 0 Å². The van der Waals surface area contributed by atoms with E-state index >= 15 is 0 Å². The van der Waals surface area contributed by atoms with Gasteiger partial charge in [-0.05, 0) is 12.1 Å². The fourth-order valence-electron chi connectivity index (χ4n) is 1.55. The Balaban J connectivity index is 3.44. The lowest BCUT2D eigenvalue weighted by molar-refractivity contribution is -0.137. The molecule has 3 N–H and O–H groups in total. The van der Waals surface area contributed by atoms with Crippen molar-refractivity contribution in [3.8, 4) is 11.5 Å². The standard InChI is InChI=1S/C11H14F3NO3/c1-17-8-3-6(11(12,13)14)4-9(18-2)10(8)7(16)5-15/h3-4,7,16H,5,15H2,1-2H3. The molecule has 7 heteroatoms. The molecule has 0 radical (unpaired) electrons. The Morgan fingerprint density at radius 3 is 1.94 bits per heavy atom. The Kier molecular flexibility index (Phi) is 4.42.